The molecule has 5 nitrogen and oxygen atoms in total. The van der Waals surface area contributed by atoms with Crippen LogP contribution < -0.4 is 15.4 Å². The molecule has 0 spiro atoms. The number of aromatic nitrogens is 1. The molecule has 27 heavy (non-hydrogen) atoms. The lowest BCUT2D eigenvalue weighted by Gasteiger charge is -2.09. The molecule has 0 aliphatic rings. The van der Waals surface area contributed by atoms with Crippen molar-refractivity contribution in [1.82, 2.24) is 4.98 Å². The third kappa shape index (κ3) is 4.99. The Labute approximate surface area is 163 Å². The second kappa shape index (κ2) is 8.56. The van der Waals surface area contributed by atoms with E-state index in [2.05, 4.69) is 40.7 Å². The Morgan fingerprint density at radius 2 is 1.93 bits per heavy atom. The predicted octanol–water partition coefficient (Wildman–Crippen LogP) is 4.92. The summed E-state index contributed by atoms with van der Waals surface area (Å²) in [6.07, 6.45) is 1.64. The van der Waals surface area contributed by atoms with E-state index in [1.54, 1.807) is 30.5 Å². The Bertz CT molecular complexity index is 942. The van der Waals surface area contributed by atoms with Crippen molar-refractivity contribution < 1.29 is 9.53 Å². The molecule has 0 fully saturated rings. The van der Waals surface area contributed by atoms with Gasteiger partial charge in [0.05, 0.1) is 24.0 Å². The first-order valence-electron chi connectivity index (χ1n) is 8.45. The number of amides is 1. The Morgan fingerprint density at radius 3 is 2.59 bits per heavy atom. The van der Waals surface area contributed by atoms with Crippen LogP contribution in [0.15, 0.2) is 60.8 Å². The van der Waals surface area contributed by atoms with Gasteiger partial charge in [0.1, 0.15) is 11.4 Å². The van der Waals surface area contributed by atoms with Crippen molar-refractivity contribution in [3.8, 4) is 5.75 Å². The lowest BCUT2D eigenvalue weighted by Crippen LogP contribution is -2.13. The monoisotopic (exact) mass is 381 g/mol. The van der Waals surface area contributed by atoms with Crippen LogP contribution in [0.1, 0.15) is 21.6 Å². The number of nitrogens with one attached hydrogen (secondary N) is 2. The number of hydrogen-bond donors (Lipinski definition) is 2. The van der Waals surface area contributed by atoms with Crippen LogP contribution in [0.3, 0.4) is 0 Å². The van der Waals surface area contributed by atoms with Gasteiger partial charge in [-0.05, 0) is 42.8 Å². The first kappa shape index (κ1) is 18.7. The molecule has 0 bridgehead atoms. The van der Waals surface area contributed by atoms with Crippen molar-refractivity contribution in [1.29, 1.82) is 0 Å². The van der Waals surface area contributed by atoms with Gasteiger partial charge in [0.25, 0.3) is 5.91 Å². The number of ether oxygens (including phenoxy) is 1. The number of nitrogens with zero attached hydrogens (tertiary/aromatic N) is 1. The van der Waals surface area contributed by atoms with E-state index in [4.69, 9.17) is 16.3 Å². The molecule has 0 aliphatic heterocycles. The number of rotatable bonds is 6. The highest BCUT2D eigenvalue weighted by Crippen LogP contribution is 2.27. The van der Waals surface area contributed by atoms with Gasteiger partial charge in [-0.2, -0.15) is 0 Å². The molecule has 1 heterocycles. The third-order valence-corrected chi connectivity index (χ3v) is 4.28. The Kier molecular flexibility index (Phi) is 5.94. The maximum atomic E-state index is 12.3. The summed E-state index contributed by atoms with van der Waals surface area (Å²) >= 11 is 6.07. The molecular weight excluding hydrogens is 362 g/mol. The van der Waals surface area contributed by atoms with Crippen molar-refractivity contribution in [2.24, 2.45) is 0 Å². The van der Waals surface area contributed by atoms with Gasteiger partial charge in [0, 0.05) is 12.2 Å². The minimum absolute atomic E-state index is 0.304. The lowest BCUT2D eigenvalue weighted by molar-refractivity contribution is 0.102. The molecule has 0 saturated heterocycles. The Morgan fingerprint density at radius 1 is 1.11 bits per heavy atom. The highest BCUT2D eigenvalue weighted by atomic mass is 35.5. The van der Waals surface area contributed by atoms with E-state index >= 15 is 0 Å². The van der Waals surface area contributed by atoms with Gasteiger partial charge >= 0.3 is 0 Å². The normalized spacial score (nSPS) is 10.3. The summed E-state index contributed by atoms with van der Waals surface area (Å²) in [6.45, 7) is 2.76. The number of benzene rings is 2. The minimum Gasteiger partial charge on any atom is -0.495 e. The Balaban J connectivity index is 1.60. The number of carbonyl (C=O) groups is 1. The third-order valence-electron chi connectivity index (χ3n) is 3.98. The van der Waals surface area contributed by atoms with Crippen molar-refractivity contribution in [3.05, 3.63) is 82.6 Å². The van der Waals surface area contributed by atoms with Crippen LogP contribution in [-0.2, 0) is 6.54 Å². The summed E-state index contributed by atoms with van der Waals surface area (Å²) in [5.74, 6) is 0.248. The summed E-state index contributed by atoms with van der Waals surface area (Å²) in [4.78, 5) is 16.6. The zero-order chi connectivity index (χ0) is 19.2. The average molecular weight is 382 g/mol. The number of aryl methyl sites for hydroxylation is 1. The Hall–Kier alpha value is -3.05. The van der Waals surface area contributed by atoms with Crippen molar-refractivity contribution >= 4 is 28.9 Å². The maximum Gasteiger partial charge on any atom is 0.274 e. The first-order chi connectivity index (χ1) is 13.0. The molecule has 1 aromatic heterocycles. The van der Waals surface area contributed by atoms with Gasteiger partial charge in [-0.25, -0.2) is 4.98 Å². The summed E-state index contributed by atoms with van der Waals surface area (Å²) in [5.41, 5.74) is 4.16. The highest BCUT2D eigenvalue weighted by molar-refractivity contribution is 6.32. The first-order valence-corrected chi connectivity index (χ1v) is 8.83. The van der Waals surface area contributed by atoms with Crippen LogP contribution in [0, 0.1) is 6.92 Å². The van der Waals surface area contributed by atoms with Crippen LogP contribution in [0.4, 0.5) is 11.4 Å². The fraction of sp³-hybridized carbons (Fsp3) is 0.143. The molecule has 0 atom stereocenters. The molecule has 3 aromatic rings. The molecule has 3 rings (SSSR count). The summed E-state index contributed by atoms with van der Waals surface area (Å²) in [5, 5.41) is 6.50. The molecule has 138 valence electrons. The summed E-state index contributed by atoms with van der Waals surface area (Å²) in [6, 6.07) is 16.9. The van der Waals surface area contributed by atoms with Gasteiger partial charge in [-0.3, -0.25) is 4.79 Å². The molecule has 0 radical (unpaired) electrons. The number of anilines is 2. The summed E-state index contributed by atoms with van der Waals surface area (Å²) < 4.78 is 5.10. The lowest BCUT2D eigenvalue weighted by atomic mass is 10.1. The SMILES string of the molecule is COc1ccc(NC(=O)c2ccc(NCc3cccc(C)c3)cn2)cc1Cl. The number of pyridine rings is 1. The number of methoxy groups -OCH3 is 1. The van der Waals surface area contributed by atoms with Crippen LogP contribution in [-0.4, -0.2) is 18.0 Å². The standard InChI is InChI=1S/C21H20ClN3O2/c1-14-4-3-5-15(10-14)12-23-17-6-8-19(24-13-17)21(26)25-16-7-9-20(27-2)18(22)11-16/h3-11,13,23H,12H2,1-2H3,(H,25,26). The molecule has 2 aromatic carbocycles. The molecule has 6 heteroatoms. The van der Waals surface area contributed by atoms with Gasteiger partial charge in [-0.15, -0.1) is 0 Å². The smallest absolute Gasteiger partial charge is 0.274 e. The highest BCUT2D eigenvalue weighted by Gasteiger charge is 2.09. The number of halogens is 1. The molecule has 0 unspecified atom stereocenters. The van der Waals surface area contributed by atoms with E-state index < -0.39 is 0 Å². The largest absolute Gasteiger partial charge is 0.495 e. The topological polar surface area (TPSA) is 63.2 Å². The average Bonchev–Trinajstić information content (AvgIpc) is 2.67. The molecule has 1 amide bonds. The van der Waals surface area contributed by atoms with Gasteiger partial charge in [0.15, 0.2) is 0 Å². The van der Waals surface area contributed by atoms with E-state index in [9.17, 15) is 4.79 Å². The molecular formula is C21H20ClN3O2. The quantitative estimate of drug-likeness (QED) is 0.636. The molecule has 0 saturated carbocycles. The predicted molar refractivity (Wildman–Crippen MR) is 109 cm³/mol. The van der Waals surface area contributed by atoms with Crippen molar-refractivity contribution in [3.63, 3.8) is 0 Å². The van der Waals surface area contributed by atoms with E-state index in [0.29, 0.717) is 28.7 Å². The zero-order valence-electron chi connectivity index (χ0n) is 15.1. The number of carbonyl (C=O) groups excluding carboxylic acids is 1. The van der Waals surface area contributed by atoms with E-state index in [1.165, 1.54) is 18.2 Å². The zero-order valence-corrected chi connectivity index (χ0v) is 15.9. The van der Waals surface area contributed by atoms with Gasteiger partial charge < -0.3 is 15.4 Å². The van der Waals surface area contributed by atoms with E-state index in [0.717, 1.165) is 5.69 Å². The van der Waals surface area contributed by atoms with E-state index in [-0.39, 0.29) is 5.91 Å². The van der Waals surface area contributed by atoms with E-state index in [1.807, 2.05) is 12.1 Å². The van der Waals surface area contributed by atoms with Crippen molar-refractivity contribution in [2.75, 3.05) is 17.7 Å². The fourth-order valence-electron chi connectivity index (χ4n) is 2.60. The van der Waals surface area contributed by atoms with Crippen LogP contribution in [0.5, 0.6) is 5.75 Å². The van der Waals surface area contributed by atoms with Crippen molar-refractivity contribution in [2.45, 2.75) is 13.5 Å². The molecule has 0 aliphatic carbocycles. The van der Waals surface area contributed by atoms with Gasteiger partial charge in [0.2, 0.25) is 0 Å². The van der Waals surface area contributed by atoms with Crippen LogP contribution >= 0.6 is 11.6 Å². The van der Waals surface area contributed by atoms with Crippen LogP contribution in [0.2, 0.25) is 5.02 Å². The minimum atomic E-state index is -0.304. The molecule has 2 N–H and O–H groups in total. The van der Waals surface area contributed by atoms with Crippen LogP contribution in [0.25, 0.3) is 0 Å². The second-order valence-corrected chi connectivity index (χ2v) is 6.49. The fourth-order valence-corrected chi connectivity index (χ4v) is 2.86. The van der Waals surface area contributed by atoms with Gasteiger partial charge in [-0.1, -0.05) is 41.4 Å². The summed E-state index contributed by atoms with van der Waals surface area (Å²) in [7, 11) is 1.54. The second-order valence-electron chi connectivity index (χ2n) is 6.08. The maximum absolute atomic E-state index is 12.3. The number of hydrogen-bond acceptors (Lipinski definition) is 4.